The summed E-state index contributed by atoms with van der Waals surface area (Å²) in [5.74, 6) is 0.776. The molecular formula is C12H23N3. The second kappa shape index (κ2) is 6.62. The highest BCUT2D eigenvalue weighted by molar-refractivity contribution is 4.77. The van der Waals surface area contributed by atoms with Gasteiger partial charge in [0.05, 0.1) is 0 Å². The fourth-order valence-electron chi connectivity index (χ4n) is 1.81. The molecule has 0 spiro atoms. The lowest BCUT2D eigenvalue weighted by Gasteiger charge is -2.15. The van der Waals surface area contributed by atoms with Crippen molar-refractivity contribution in [1.29, 1.82) is 0 Å². The maximum Gasteiger partial charge on any atom is 0.0489 e. The van der Waals surface area contributed by atoms with E-state index in [2.05, 4.69) is 31.2 Å². The van der Waals surface area contributed by atoms with E-state index in [9.17, 15) is 0 Å². The number of nitrogens with zero attached hydrogens (tertiary/aromatic N) is 2. The molecule has 1 heterocycles. The van der Waals surface area contributed by atoms with E-state index in [1.165, 1.54) is 6.42 Å². The van der Waals surface area contributed by atoms with Crippen LogP contribution in [-0.4, -0.2) is 22.4 Å². The lowest BCUT2D eigenvalue weighted by Crippen LogP contribution is -2.28. The monoisotopic (exact) mass is 209 g/mol. The quantitative estimate of drug-likeness (QED) is 0.698. The second-order valence-corrected chi connectivity index (χ2v) is 4.61. The lowest BCUT2D eigenvalue weighted by molar-refractivity contribution is 0.429. The van der Waals surface area contributed by atoms with Gasteiger partial charge in [-0.05, 0) is 38.3 Å². The van der Waals surface area contributed by atoms with Crippen molar-refractivity contribution >= 4 is 0 Å². The van der Waals surface area contributed by atoms with Crippen LogP contribution in [-0.2, 0) is 6.54 Å². The van der Waals surface area contributed by atoms with Gasteiger partial charge < -0.3 is 5.32 Å². The predicted molar refractivity (Wildman–Crippen MR) is 63.8 cm³/mol. The summed E-state index contributed by atoms with van der Waals surface area (Å²) in [6.07, 6.45) is 6.23. The van der Waals surface area contributed by atoms with Crippen molar-refractivity contribution in [3.8, 4) is 0 Å². The van der Waals surface area contributed by atoms with E-state index in [-0.39, 0.29) is 0 Å². The highest BCUT2D eigenvalue weighted by Gasteiger charge is 2.03. The molecule has 1 rings (SSSR count). The van der Waals surface area contributed by atoms with E-state index in [0.29, 0.717) is 6.04 Å². The molecule has 1 aromatic heterocycles. The van der Waals surface area contributed by atoms with Crippen molar-refractivity contribution < 1.29 is 0 Å². The summed E-state index contributed by atoms with van der Waals surface area (Å²) >= 11 is 0. The topological polar surface area (TPSA) is 29.9 Å². The zero-order valence-electron chi connectivity index (χ0n) is 10.1. The van der Waals surface area contributed by atoms with Crippen molar-refractivity contribution in [2.24, 2.45) is 5.92 Å². The van der Waals surface area contributed by atoms with Gasteiger partial charge in [0.25, 0.3) is 0 Å². The molecule has 3 heteroatoms. The summed E-state index contributed by atoms with van der Waals surface area (Å²) in [4.78, 5) is 0. The van der Waals surface area contributed by atoms with E-state index in [1.54, 1.807) is 0 Å². The smallest absolute Gasteiger partial charge is 0.0489 e. The Labute approximate surface area is 92.9 Å². The van der Waals surface area contributed by atoms with E-state index in [4.69, 9.17) is 0 Å². The third-order valence-electron chi connectivity index (χ3n) is 2.44. The Balaban J connectivity index is 2.01. The van der Waals surface area contributed by atoms with Gasteiger partial charge in [0.2, 0.25) is 0 Å². The molecule has 0 aromatic carbocycles. The molecule has 3 nitrogen and oxygen atoms in total. The van der Waals surface area contributed by atoms with E-state index < -0.39 is 0 Å². The molecule has 0 aliphatic heterocycles. The van der Waals surface area contributed by atoms with Gasteiger partial charge in [-0.15, -0.1) is 0 Å². The first-order chi connectivity index (χ1) is 7.18. The van der Waals surface area contributed by atoms with Gasteiger partial charge in [-0.2, -0.15) is 5.10 Å². The second-order valence-electron chi connectivity index (χ2n) is 4.61. The number of aromatic nitrogens is 2. The lowest BCUT2D eigenvalue weighted by atomic mass is 10.1. The molecule has 0 saturated heterocycles. The third-order valence-corrected chi connectivity index (χ3v) is 2.44. The summed E-state index contributed by atoms with van der Waals surface area (Å²) in [5, 5.41) is 7.71. The standard InChI is InChI=1S/C12H23N3/c1-11(2)10-12(3)13-6-4-8-15-9-5-7-14-15/h5,7,9,11-13H,4,6,8,10H2,1-3H3. The molecule has 1 unspecified atom stereocenters. The molecule has 1 N–H and O–H groups in total. The number of nitrogens with one attached hydrogen (secondary N) is 1. The molecular weight excluding hydrogens is 186 g/mol. The van der Waals surface area contributed by atoms with Crippen LogP contribution in [0, 0.1) is 5.92 Å². The Morgan fingerprint density at radius 3 is 2.73 bits per heavy atom. The highest BCUT2D eigenvalue weighted by atomic mass is 15.3. The fraction of sp³-hybridized carbons (Fsp3) is 0.750. The number of hydrogen-bond donors (Lipinski definition) is 1. The van der Waals surface area contributed by atoms with Gasteiger partial charge in [0, 0.05) is 25.0 Å². The average molecular weight is 209 g/mol. The first kappa shape index (κ1) is 12.2. The van der Waals surface area contributed by atoms with Crippen LogP contribution in [0.2, 0.25) is 0 Å². The van der Waals surface area contributed by atoms with Crippen LogP contribution in [0.1, 0.15) is 33.6 Å². The van der Waals surface area contributed by atoms with Crippen LogP contribution >= 0.6 is 0 Å². The van der Waals surface area contributed by atoms with Gasteiger partial charge in [0.15, 0.2) is 0 Å². The summed E-state index contributed by atoms with van der Waals surface area (Å²) in [7, 11) is 0. The number of hydrogen-bond acceptors (Lipinski definition) is 2. The fourth-order valence-corrected chi connectivity index (χ4v) is 1.81. The van der Waals surface area contributed by atoms with E-state index in [1.807, 2.05) is 23.1 Å². The Bertz CT molecular complexity index is 241. The summed E-state index contributed by atoms with van der Waals surface area (Å²) in [6, 6.07) is 2.59. The van der Waals surface area contributed by atoms with Crippen molar-refractivity contribution in [2.75, 3.05) is 6.54 Å². The largest absolute Gasteiger partial charge is 0.314 e. The van der Waals surface area contributed by atoms with Gasteiger partial charge in [-0.3, -0.25) is 4.68 Å². The SMILES string of the molecule is CC(C)CC(C)NCCCn1cccn1. The molecule has 1 aromatic rings. The molecule has 15 heavy (non-hydrogen) atoms. The Kier molecular flexibility index (Phi) is 5.40. The van der Waals surface area contributed by atoms with E-state index in [0.717, 1.165) is 25.4 Å². The third kappa shape index (κ3) is 5.57. The molecule has 0 aliphatic carbocycles. The van der Waals surface area contributed by atoms with Gasteiger partial charge in [-0.25, -0.2) is 0 Å². The number of rotatable bonds is 7. The molecule has 86 valence electrons. The van der Waals surface area contributed by atoms with Gasteiger partial charge in [0.1, 0.15) is 0 Å². The number of aryl methyl sites for hydroxylation is 1. The Hall–Kier alpha value is -0.830. The highest BCUT2D eigenvalue weighted by Crippen LogP contribution is 2.03. The molecule has 0 bridgehead atoms. The van der Waals surface area contributed by atoms with Crippen molar-refractivity contribution in [1.82, 2.24) is 15.1 Å². The summed E-state index contributed by atoms with van der Waals surface area (Å²) in [6.45, 7) is 8.87. The minimum atomic E-state index is 0.627. The van der Waals surface area contributed by atoms with Crippen LogP contribution in [0.5, 0.6) is 0 Å². The minimum Gasteiger partial charge on any atom is -0.314 e. The van der Waals surface area contributed by atoms with E-state index >= 15 is 0 Å². The summed E-state index contributed by atoms with van der Waals surface area (Å²) in [5.41, 5.74) is 0. The average Bonchev–Trinajstić information content (AvgIpc) is 2.63. The molecule has 0 saturated carbocycles. The van der Waals surface area contributed by atoms with Gasteiger partial charge in [-0.1, -0.05) is 13.8 Å². The molecule has 1 atom stereocenters. The Morgan fingerprint density at radius 2 is 2.13 bits per heavy atom. The summed E-state index contributed by atoms with van der Waals surface area (Å²) < 4.78 is 1.98. The minimum absolute atomic E-state index is 0.627. The molecule has 0 amide bonds. The van der Waals surface area contributed by atoms with Crippen LogP contribution in [0.3, 0.4) is 0 Å². The van der Waals surface area contributed by atoms with Crippen LogP contribution in [0.25, 0.3) is 0 Å². The van der Waals surface area contributed by atoms with Crippen LogP contribution < -0.4 is 5.32 Å². The predicted octanol–water partition coefficient (Wildman–Crippen LogP) is 2.30. The molecule has 0 fully saturated rings. The maximum absolute atomic E-state index is 4.17. The van der Waals surface area contributed by atoms with Crippen molar-refractivity contribution in [3.05, 3.63) is 18.5 Å². The van der Waals surface area contributed by atoms with Gasteiger partial charge >= 0.3 is 0 Å². The first-order valence-corrected chi connectivity index (χ1v) is 5.89. The van der Waals surface area contributed by atoms with Crippen LogP contribution in [0.4, 0.5) is 0 Å². The van der Waals surface area contributed by atoms with Crippen molar-refractivity contribution in [2.45, 2.75) is 46.2 Å². The van der Waals surface area contributed by atoms with Crippen LogP contribution in [0.15, 0.2) is 18.5 Å². The van der Waals surface area contributed by atoms with Crippen molar-refractivity contribution in [3.63, 3.8) is 0 Å². The Morgan fingerprint density at radius 1 is 1.33 bits per heavy atom. The maximum atomic E-state index is 4.17. The normalized spacial score (nSPS) is 13.3. The zero-order chi connectivity index (χ0) is 11.1. The zero-order valence-corrected chi connectivity index (χ0v) is 10.1. The molecule has 0 radical (unpaired) electrons. The first-order valence-electron chi connectivity index (χ1n) is 5.89. The molecule has 0 aliphatic rings.